The van der Waals surface area contributed by atoms with E-state index in [0.717, 1.165) is 25.7 Å². The van der Waals surface area contributed by atoms with Gasteiger partial charge >= 0.3 is 11.9 Å². The van der Waals surface area contributed by atoms with Crippen LogP contribution in [0.25, 0.3) is 0 Å². The Morgan fingerprint density at radius 3 is 1.50 bits per heavy atom. The van der Waals surface area contributed by atoms with E-state index in [9.17, 15) is 43.5 Å². The van der Waals surface area contributed by atoms with Crippen LogP contribution < -0.4 is 21.3 Å². The van der Waals surface area contributed by atoms with Crippen molar-refractivity contribution >= 4 is 47.4 Å². The average Bonchev–Trinajstić information content (AvgIpc) is 3.83. The largest absolute Gasteiger partial charge is 0.434 e. The van der Waals surface area contributed by atoms with E-state index < -0.39 is 66.7 Å². The van der Waals surface area contributed by atoms with E-state index in [1.54, 1.807) is 65.3 Å². The summed E-state index contributed by atoms with van der Waals surface area (Å²) >= 11 is 0. The van der Waals surface area contributed by atoms with Crippen molar-refractivity contribution in [1.29, 1.82) is 0 Å². The number of benzene rings is 2. The quantitative estimate of drug-likeness (QED) is 0.171. The summed E-state index contributed by atoms with van der Waals surface area (Å²) in [5.74, 6) is -3.02. The van der Waals surface area contributed by atoms with Crippen molar-refractivity contribution in [3.63, 3.8) is 0 Å². The first-order valence-corrected chi connectivity index (χ1v) is 22.9. The van der Waals surface area contributed by atoms with Crippen LogP contribution in [-0.4, -0.2) is 130 Å². The number of carbonyl (C=O) groups excluding carboxylic acids is 8. The van der Waals surface area contributed by atoms with Gasteiger partial charge in [0.15, 0.2) is 0 Å². The molecule has 66 heavy (non-hydrogen) atoms. The lowest BCUT2D eigenvalue weighted by molar-refractivity contribution is -0.165. The van der Waals surface area contributed by atoms with Crippen LogP contribution in [0.15, 0.2) is 85.0 Å². The van der Waals surface area contributed by atoms with Gasteiger partial charge in [-0.3, -0.25) is 38.4 Å². The molecule has 2 unspecified atom stereocenters. The van der Waals surface area contributed by atoms with Gasteiger partial charge in [0.05, 0.1) is 12.8 Å². The number of ether oxygens (including phenoxy) is 3. The van der Waals surface area contributed by atoms with Crippen molar-refractivity contribution in [1.82, 2.24) is 31.1 Å². The molecule has 18 heteroatoms. The molecule has 0 saturated carbocycles. The van der Waals surface area contributed by atoms with Crippen LogP contribution in [0.4, 0.5) is 0 Å². The molecule has 2 aromatic carbocycles. The molecule has 6 heterocycles. The fourth-order valence-corrected chi connectivity index (χ4v) is 9.43. The molecule has 6 aliphatic rings. The average molecular weight is 911 g/mol. The second kappa shape index (κ2) is 22.2. The fraction of sp³-hybridized carbons (Fsp3) is 0.500. The number of hydrogen-bond acceptors (Lipinski definition) is 12. The normalized spacial score (nSPS) is 30.5. The fourth-order valence-electron chi connectivity index (χ4n) is 9.43. The molecule has 4 fully saturated rings. The highest BCUT2D eigenvalue weighted by atomic mass is 16.7. The lowest BCUT2D eigenvalue weighted by Crippen LogP contribution is -2.62. The topological polar surface area (TPSA) is 239 Å². The highest BCUT2D eigenvalue weighted by molar-refractivity contribution is 6.00. The number of aliphatic hydroxyl groups excluding tert-OH is 1. The first kappa shape index (κ1) is 47.6. The Bertz CT molecular complexity index is 2170. The number of fused-ring (bicyclic) bond motifs is 2. The molecule has 352 valence electrons. The number of amides is 6. The van der Waals surface area contributed by atoms with Crippen molar-refractivity contribution in [3.05, 3.63) is 96.1 Å². The summed E-state index contributed by atoms with van der Waals surface area (Å²) in [5, 5.41) is 21.0. The van der Waals surface area contributed by atoms with E-state index >= 15 is 0 Å². The van der Waals surface area contributed by atoms with Crippen molar-refractivity contribution in [2.45, 2.75) is 145 Å². The standard InChI is InChI=1S/C25H31N3O6.C23H27N3O6/c1-2-33-25-19(15-21(29)34-25)27-23(31)20-14-8-12-17-11-6-7-13-18(24(32)28(17)20)26-22(30)16-9-4-3-5-10-16;27-19-13-17(23(31)32-19)25-21(29)18-12-6-10-15-9-4-5-11-16(22(30)26(15)18)24-20(28)14-7-2-1-3-8-14/h3-7,9-10,17-20,25H,2,8,11-15H2,1H3,(H,26,30)(H,27,31);1-5,7-8,15-18,23,31H,6,9-13H2,(H,24,28)(H,25,29)/b7-6-;5-4-/t17-,18-,19-,20-,25?;15-,16-,17-,18-,23?/m00/s1. The highest BCUT2D eigenvalue weighted by Crippen LogP contribution is 2.31. The van der Waals surface area contributed by atoms with Gasteiger partial charge in [0, 0.05) is 29.8 Å². The minimum absolute atomic E-state index is 0.0268. The molecule has 6 aliphatic heterocycles. The number of piperidine rings is 2. The number of nitrogens with zero attached hydrogens (tertiary/aromatic N) is 2. The molecule has 18 nitrogen and oxygen atoms in total. The number of carbonyl (C=O) groups is 8. The molecule has 8 rings (SSSR count). The predicted molar refractivity (Wildman–Crippen MR) is 235 cm³/mol. The third-order valence-electron chi connectivity index (χ3n) is 12.7. The molecule has 0 bridgehead atoms. The van der Waals surface area contributed by atoms with Gasteiger partial charge in [-0.15, -0.1) is 0 Å². The van der Waals surface area contributed by atoms with Crippen molar-refractivity contribution in [2.24, 2.45) is 0 Å². The third-order valence-corrected chi connectivity index (χ3v) is 12.7. The van der Waals surface area contributed by atoms with Gasteiger partial charge < -0.3 is 50.4 Å². The molecular weight excluding hydrogens is 853 g/mol. The molecule has 10 atom stereocenters. The summed E-state index contributed by atoms with van der Waals surface area (Å²) in [6.07, 6.45) is 11.6. The molecule has 4 saturated heterocycles. The lowest BCUT2D eigenvalue weighted by atomic mass is 9.90. The zero-order valence-corrected chi connectivity index (χ0v) is 36.9. The second-order valence-corrected chi connectivity index (χ2v) is 17.2. The maximum Gasteiger partial charge on any atom is 0.310 e. The smallest absolute Gasteiger partial charge is 0.310 e. The molecule has 0 aromatic heterocycles. The van der Waals surface area contributed by atoms with Crippen molar-refractivity contribution in [2.75, 3.05) is 6.61 Å². The van der Waals surface area contributed by atoms with Gasteiger partial charge in [0.1, 0.15) is 36.3 Å². The van der Waals surface area contributed by atoms with Gasteiger partial charge in [-0.1, -0.05) is 60.7 Å². The third kappa shape index (κ3) is 11.5. The van der Waals surface area contributed by atoms with Gasteiger partial charge in [-0.05, 0) is 95.4 Å². The van der Waals surface area contributed by atoms with Crippen LogP contribution in [0.3, 0.4) is 0 Å². The van der Waals surface area contributed by atoms with Crippen LogP contribution in [0.2, 0.25) is 0 Å². The van der Waals surface area contributed by atoms with Crippen LogP contribution in [0, 0.1) is 0 Å². The van der Waals surface area contributed by atoms with Crippen molar-refractivity contribution < 1.29 is 57.7 Å². The summed E-state index contributed by atoms with van der Waals surface area (Å²) in [6, 6.07) is 12.7. The molecule has 0 radical (unpaired) electrons. The Morgan fingerprint density at radius 2 is 1.05 bits per heavy atom. The number of nitrogens with one attached hydrogen (secondary N) is 4. The Balaban J connectivity index is 0.000000197. The van der Waals surface area contributed by atoms with Crippen LogP contribution in [0.5, 0.6) is 0 Å². The summed E-state index contributed by atoms with van der Waals surface area (Å²) in [4.78, 5) is 105. The Labute approximate surface area is 382 Å². The monoisotopic (exact) mass is 910 g/mol. The van der Waals surface area contributed by atoms with E-state index in [0.29, 0.717) is 56.3 Å². The van der Waals surface area contributed by atoms with E-state index in [1.165, 1.54) is 0 Å². The first-order chi connectivity index (χ1) is 31.9. The number of aliphatic hydroxyl groups is 1. The Hall–Kier alpha value is -6.40. The molecule has 6 amide bonds. The van der Waals surface area contributed by atoms with E-state index in [4.69, 9.17) is 14.2 Å². The summed E-state index contributed by atoms with van der Waals surface area (Å²) in [7, 11) is 0. The number of hydrogen-bond donors (Lipinski definition) is 5. The minimum Gasteiger partial charge on any atom is -0.434 e. The van der Waals surface area contributed by atoms with Crippen LogP contribution in [-0.2, 0) is 43.0 Å². The van der Waals surface area contributed by atoms with E-state index in [1.807, 2.05) is 36.4 Å². The molecule has 0 spiro atoms. The predicted octanol–water partition coefficient (Wildman–Crippen LogP) is 2.31. The summed E-state index contributed by atoms with van der Waals surface area (Å²) in [6.45, 7) is 2.13. The summed E-state index contributed by atoms with van der Waals surface area (Å²) in [5.41, 5.74) is 0.925. The summed E-state index contributed by atoms with van der Waals surface area (Å²) < 4.78 is 15.3. The zero-order chi connectivity index (χ0) is 46.7. The van der Waals surface area contributed by atoms with Gasteiger partial charge in [-0.25, -0.2) is 0 Å². The molecule has 5 N–H and O–H groups in total. The van der Waals surface area contributed by atoms with E-state index in [-0.39, 0.29) is 54.5 Å². The number of rotatable bonds is 10. The van der Waals surface area contributed by atoms with Crippen LogP contribution >= 0.6 is 0 Å². The minimum atomic E-state index is -1.39. The van der Waals surface area contributed by atoms with Gasteiger partial charge in [0.25, 0.3) is 11.8 Å². The highest BCUT2D eigenvalue weighted by Gasteiger charge is 2.45. The van der Waals surface area contributed by atoms with Crippen molar-refractivity contribution in [3.8, 4) is 0 Å². The van der Waals surface area contributed by atoms with Gasteiger partial charge in [-0.2, -0.15) is 0 Å². The second-order valence-electron chi connectivity index (χ2n) is 17.2. The number of cyclic esters (lactones) is 2. The maximum absolute atomic E-state index is 13.7. The SMILES string of the molecule is CCOC1OC(=O)C[C@@H]1NC(=O)[C@@H]1CCC[C@@H]2C/C=C\C[C@H](NC(=O)c3ccccc3)C(=O)N21.O=C1C[C@H](NC(=O)[C@@H]2CCC[C@@H]3C/C=C\C[C@H](NC(=O)c4ccccc4)C(=O)N32)C(O)O1. The number of esters is 2. The lowest BCUT2D eigenvalue weighted by Gasteiger charge is -2.43. The zero-order valence-electron chi connectivity index (χ0n) is 36.9. The molecular formula is C48H58N6O12. The van der Waals surface area contributed by atoms with Gasteiger partial charge in [0.2, 0.25) is 36.2 Å². The Kier molecular flexibility index (Phi) is 16.0. The van der Waals surface area contributed by atoms with E-state index in [2.05, 4.69) is 21.3 Å². The molecule has 2 aromatic rings. The maximum atomic E-state index is 13.7. The first-order valence-electron chi connectivity index (χ1n) is 22.9. The molecule has 0 aliphatic carbocycles. The van der Waals surface area contributed by atoms with Crippen LogP contribution in [0.1, 0.15) is 105 Å². The Morgan fingerprint density at radius 1 is 0.606 bits per heavy atom.